The molecule has 3 heterocycles. The number of fused-ring (bicyclic) bond motifs is 1. The zero-order chi connectivity index (χ0) is 17.4. The fourth-order valence-electron chi connectivity index (χ4n) is 2.37. The first-order valence-electron chi connectivity index (χ1n) is 7.36. The quantitative estimate of drug-likeness (QED) is 0.601. The van der Waals surface area contributed by atoms with Gasteiger partial charge in [-0.1, -0.05) is 5.16 Å². The van der Waals surface area contributed by atoms with Crippen LogP contribution in [-0.2, 0) is 13.6 Å². The van der Waals surface area contributed by atoms with Crippen LogP contribution in [0.15, 0.2) is 54.7 Å². The Labute approximate surface area is 139 Å². The first kappa shape index (κ1) is 14.9. The second-order valence-electron chi connectivity index (χ2n) is 5.28. The Hall–Kier alpha value is -3.62. The molecule has 3 aromatic heterocycles. The van der Waals surface area contributed by atoms with Gasteiger partial charge >= 0.3 is 5.76 Å². The molecule has 1 N–H and O–H groups in total. The number of amides is 1. The number of rotatable bonds is 4. The number of benzene rings is 1. The van der Waals surface area contributed by atoms with Crippen LogP contribution in [-0.4, -0.2) is 20.6 Å². The van der Waals surface area contributed by atoms with E-state index in [1.54, 1.807) is 37.4 Å². The smallest absolute Gasteiger partial charge is 0.419 e. The van der Waals surface area contributed by atoms with E-state index in [0.29, 0.717) is 22.5 Å². The summed E-state index contributed by atoms with van der Waals surface area (Å²) in [5.41, 5.74) is 1.74. The highest BCUT2D eigenvalue weighted by atomic mass is 16.5. The molecule has 0 atom stereocenters. The number of hydrogen-bond donors (Lipinski definition) is 1. The van der Waals surface area contributed by atoms with Gasteiger partial charge in [-0.15, -0.1) is 0 Å². The summed E-state index contributed by atoms with van der Waals surface area (Å²) in [6.45, 7) is 0.0647. The maximum Gasteiger partial charge on any atom is 0.419 e. The van der Waals surface area contributed by atoms with Gasteiger partial charge in [0.2, 0.25) is 11.7 Å². The Kier molecular flexibility index (Phi) is 3.46. The molecule has 0 bridgehead atoms. The van der Waals surface area contributed by atoms with E-state index in [1.165, 1.54) is 10.8 Å². The molecule has 1 amide bonds. The third kappa shape index (κ3) is 2.71. The van der Waals surface area contributed by atoms with Crippen LogP contribution in [0.2, 0.25) is 0 Å². The lowest BCUT2D eigenvalue weighted by Crippen LogP contribution is -2.22. The number of carbonyl (C=O) groups excluding carboxylic acids is 1. The summed E-state index contributed by atoms with van der Waals surface area (Å²) < 4.78 is 16.7. The van der Waals surface area contributed by atoms with Crippen LogP contribution < -0.4 is 11.1 Å². The van der Waals surface area contributed by atoms with Gasteiger partial charge in [0.25, 0.3) is 5.91 Å². The van der Waals surface area contributed by atoms with Crippen molar-refractivity contribution in [1.82, 2.24) is 20.0 Å². The average Bonchev–Trinajstić information content (AvgIpc) is 3.34. The summed E-state index contributed by atoms with van der Waals surface area (Å²) in [6, 6.07) is 8.33. The number of hydrogen-bond acceptors (Lipinski definition) is 7. The van der Waals surface area contributed by atoms with E-state index in [1.807, 2.05) is 0 Å². The van der Waals surface area contributed by atoms with Crippen molar-refractivity contribution in [1.29, 1.82) is 0 Å². The molecular weight excluding hydrogens is 328 g/mol. The molecule has 4 aromatic rings. The highest BCUT2D eigenvalue weighted by Gasteiger charge is 2.14. The van der Waals surface area contributed by atoms with Crippen LogP contribution in [0.3, 0.4) is 0 Å². The minimum absolute atomic E-state index is 0.0647. The van der Waals surface area contributed by atoms with Crippen molar-refractivity contribution in [3.63, 3.8) is 0 Å². The van der Waals surface area contributed by atoms with Gasteiger partial charge in [0.05, 0.1) is 18.3 Å². The Morgan fingerprint density at radius 1 is 1.32 bits per heavy atom. The zero-order valence-corrected chi connectivity index (χ0v) is 13.1. The van der Waals surface area contributed by atoms with Crippen molar-refractivity contribution in [2.24, 2.45) is 7.05 Å². The van der Waals surface area contributed by atoms with Gasteiger partial charge in [-0.2, -0.15) is 4.98 Å². The van der Waals surface area contributed by atoms with E-state index in [-0.39, 0.29) is 24.1 Å². The number of carbonyl (C=O) groups is 1. The van der Waals surface area contributed by atoms with Crippen molar-refractivity contribution in [3.05, 3.63) is 58.8 Å². The van der Waals surface area contributed by atoms with Gasteiger partial charge in [-0.05, 0) is 30.3 Å². The summed E-state index contributed by atoms with van der Waals surface area (Å²) >= 11 is 0. The van der Waals surface area contributed by atoms with E-state index in [2.05, 4.69) is 15.5 Å². The van der Waals surface area contributed by atoms with E-state index < -0.39 is 5.76 Å². The molecule has 0 fully saturated rings. The predicted octanol–water partition coefficient (Wildman–Crippen LogP) is 1.70. The molecule has 0 aliphatic heterocycles. The number of furan rings is 1. The predicted molar refractivity (Wildman–Crippen MR) is 84.6 cm³/mol. The van der Waals surface area contributed by atoms with Crippen LogP contribution in [0, 0.1) is 0 Å². The molecule has 126 valence electrons. The molecule has 0 unspecified atom stereocenters. The lowest BCUT2D eigenvalue weighted by atomic mass is 10.2. The molecule has 1 aromatic carbocycles. The van der Waals surface area contributed by atoms with Crippen molar-refractivity contribution >= 4 is 17.0 Å². The fourth-order valence-corrected chi connectivity index (χ4v) is 2.37. The molecule has 0 saturated heterocycles. The molecule has 25 heavy (non-hydrogen) atoms. The third-order valence-corrected chi connectivity index (χ3v) is 3.66. The summed E-state index contributed by atoms with van der Waals surface area (Å²) in [4.78, 5) is 27.6. The monoisotopic (exact) mass is 340 g/mol. The van der Waals surface area contributed by atoms with Crippen LogP contribution in [0.4, 0.5) is 0 Å². The van der Waals surface area contributed by atoms with Gasteiger partial charge in [-0.25, -0.2) is 4.79 Å². The zero-order valence-electron chi connectivity index (χ0n) is 13.1. The maximum absolute atomic E-state index is 11.8. The molecule has 0 aliphatic carbocycles. The van der Waals surface area contributed by atoms with Crippen molar-refractivity contribution in [2.45, 2.75) is 6.54 Å². The van der Waals surface area contributed by atoms with E-state index in [4.69, 9.17) is 13.4 Å². The van der Waals surface area contributed by atoms with E-state index >= 15 is 0 Å². The summed E-state index contributed by atoms with van der Waals surface area (Å²) in [6.07, 6.45) is 1.41. The second kappa shape index (κ2) is 5.78. The standard InChI is InChI=1S/C16H12N4O5/c1-20-10-5-4-9(7-12(10)24-16(20)22)14-18-13(25-19-14)8-17-15(21)11-3-2-6-23-11/h2-7H,8H2,1H3,(H,17,21). The highest BCUT2D eigenvalue weighted by Crippen LogP contribution is 2.21. The van der Waals surface area contributed by atoms with Gasteiger partial charge in [0.1, 0.15) is 0 Å². The lowest BCUT2D eigenvalue weighted by Gasteiger charge is -1.98. The number of aromatic nitrogens is 3. The minimum Gasteiger partial charge on any atom is -0.459 e. The minimum atomic E-state index is -0.443. The topological polar surface area (TPSA) is 116 Å². The SMILES string of the molecule is Cn1c(=O)oc2cc(-c3noc(CNC(=O)c4ccco4)n3)ccc21. The maximum atomic E-state index is 11.8. The van der Waals surface area contributed by atoms with Gasteiger partial charge in [-0.3, -0.25) is 9.36 Å². The fraction of sp³-hybridized carbons (Fsp3) is 0.125. The Bertz CT molecular complexity index is 1100. The summed E-state index contributed by atoms with van der Waals surface area (Å²) in [7, 11) is 1.63. The van der Waals surface area contributed by atoms with Gasteiger partial charge < -0.3 is 18.7 Å². The normalized spacial score (nSPS) is 11.1. The molecule has 0 aliphatic rings. The van der Waals surface area contributed by atoms with Crippen molar-refractivity contribution < 1.29 is 18.2 Å². The molecule has 9 nitrogen and oxygen atoms in total. The number of nitrogens with one attached hydrogen (secondary N) is 1. The highest BCUT2D eigenvalue weighted by molar-refractivity contribution is 5.91. The summed E-state index contributed by atoms with van der Waals surface area (Å²) in [5.74, 6) is -0.0525. The first-order valence-corrected chi connectivity index (χ1v) is 7.36. The summed E-state index contributed by atoms with van der Waals surface area (Å²) in [5, 5.41) is 6.49. The molecule has 0 saturated carbocycles. The lowest BCUT2D eigenvalue weighted by molar-refractivity contribution is 0.0918. The average molecular weight is 340 g/mol. The second-order valence-corrected chi connectivity index (χ2v) is 5.28. The number of oxazole rings is 1. The van der Waals surface area contributed by atoms with E-state index in [0.717, 1.165) is 0 Å². The number of aryl methyl sites for hydroxylation is 1. The third-order valence-electron chi connectivity index (χ3n) is 3.66. The number of nitrogens with zero attached hydrogens (tertiary/aromatic N) is 3. The molecule has 0 spiro atoms. The molecule has 4 rings (SSSR count). The van der Waals surface area contributed by atoms with Crippen LogP contribution >= 0.6 is 0 Å². The van der Waals surface area contributed by atoms with Crippen LogP contribution in [0.5, 0.6) is 0 Å². The Morgan fingerprint density at radius 2 is 2.20 bits per heavy atom. The Balaban J connectivity index is 1.53. The Morgan fingerprint density at radius 3 is 3.00 bits per heavy atom. The molecule has 0 radical (unpaired) electrons. The van der Waals surface area contributed by atoms with Crippen LogP contribution in [0.25, 0.3) is 22.5 Å². The van der Waals surface area contributed by atoms with Crippen LogP contribution in [0.1, 0.15) is 16.4 Å². The largest absolute Gasteiger partial charge is 0.459 e. The van der Waals surface area contributed by atoms with E-state index in [9.17, 15) is 9.59 Å². The van der Waals surface area contributed by atoms with Crippen molar-refractivity contribution in [3.8, 4) is 11.4 Å². The van der Waals surface area contributed by atoms with Gasteiger partial charge in [0.15, 0.2) is 11.3 Å². The first-order chi connectivity index (χ1) is 12.1. The van der Waals surface area contributed by atoms with Crippen molar-refractivity contribution in [2.75, 3.05) is 0 Å². The molecular formula is C16H12N4O5. The van der Waals surface area contributed by atoms with Gasteiger partial charge in [0, 0.05) is 12.6 Å². The molecule has 9 heteroatoms.